The smallest absolute Gasteiger partial charge is 0.134 e. The highest BCUT2D eigenvalue weighted by Gasteiger charge is 2.38. The monoisotopic (exact) mass is 266 g/mol. The number of hydrogen-bond acceptors (Lipinski definition) is 4. The first-order chi connectivity index (χ1) is 8.72. The Balaban J connectivity index is 1.55. The third-order valence-corrected chi connectivity index (χ3v) is 4.61. The van der Waals surface area contributed by atoms with E-state index in [2.05, 4.69) is 27.2 Å². The van der Waals surface area contributed by atoms with Crippen molar-refractivity contribution in [3.63, 3.8) is 0 Å². The van der Waals surface area contributed by atoms with Gasteiger partial charge in [0.15, 0.2) is 0 Å². The molecule has 0 amide bonds. The predicted molar refractivity (Wildman–Crippen MR) is 72.8 cm³/mol. The molecule has 1 N–H and O–H groups in total. The second kappa shape index (κ2) is 5.02. The van der Waals surface area contributed by atoms with Crippen molar-refractivity contribution in [2.24, 2.45) is 5.92 Å². The minimum Gasteiger partial charge on any atom is -0.370 e. The molecule has 3 heterocycles. The molecule has 1 aromatic heterocycles. The number of aromatic nitrogens is 2. The minimum atomic E-state index is 0.496. The van der Waals surface area contributed by atoms with Gasteiger partial charge in [0, 0.05) is 24.7 Å². The van der Waals surface area contributed by atoms with Gasteiger partial charge in [-0.05, 0) is 38.6 Å². The first-order valence-corrected chi connectivity index (χ1v) is 7.03. The Labute approximate surface area is 113 Å². The molecule has 0 radical (unpaired) electrons. The Morgan fingerprint density at radius 2 is 2.06 bits per heavy atom. The lowest BCUT2D eigenvalue weighted by Gasteiger charge is -2.36. The summed E-state index contributed by atoms with van der Waals surface area (Å²) in [6, 6.07) is 3.37. The van der Waals surface area contributed by atoms with Crippen LogP contribution in [-0.2, 0) is 0 Å². The van der Waals surface area contributed by atoms with E-state index in [1.165, 1.54) is 32.0 Å². The van der Waals surface area contributed by atoms with Gasteiger partial charge in [-0.3, -0.25) is 0 Å². The van der Waals surface area contributed by atoms with E-state index in [0.29, 0.717) is 5.15 Å². The summed E-state index contributed by atoms with van der Waals surface area (Å²) >= 11 is 5.84. The Bertz CT molecular complexity index is 411. The van der Waals surface area contributed by atoms with Gasteiger partial charge in [-0.15, -0.1) is 0 Å². The fraction of sp³-hybridized carbons (Fsp3) is 0.692. The van der Waals surface area contributed by atoms with Crippen LogP contribution in [0.25, 0.3) is 0 Å². The zero-order chi connectivity index (χ0) is 12.5. The maximum absolute atomic E-state index is 5.84. The summed E-state index contributed by atoms with van der Waals surface area (Å²) in [5.41, 5.74) is 0. The summed E-state index contributed by atoms with van der Waals surface area (Å²) in [5, 5.41) is 3.88. The number of nitrogens with zero attached hydrogens (tertiary/aromatic N) is 3. The summed E-state index contributed by atoms with van der Waals surface area (Å²) in [6.07, 6.45) is 6.86. The maximum Gasteiger partial charge on any atom is 0.134 e. The Morgan fingerprint density at radius 3 is 2.72 bits per heavy atom. The molecule has 0 saturated carbocycles. The Hall–Kier alpha value is -0.870. The largest absolute Gasteiger partial charge is 0.370 e. The van der Waals surface area contributed by atoms with Crippen molar-refractivity contribution in [2.45, 2.75) is 37.8 Å². The average molecular weight is 267 g/mol. The molecule has 5 heteroatoms. The van der Waals surface area contributed by atoms with E-state index in [9.17, 15) is 0 Å². The quantitative estimate of drug-likeness (QED) is 0.853. The molecule has 98 valence electrons. The van der Waals surface area contributed by atoms with Crippen molar-refractivity contribution < 1.29 is 0 Å². The first kappa shape index (κ1) is 12.2. The van der Waals surface area contributed by atoms with E-state index >= 15 is 0 Å². The van der Waals surface area contributed by atoms with Gasteiger partial charge in [-0.2, -0.15) is 0 Å². The molecule has 2 saturated heterocycles. The van der Waals surface area contributed by atoms with Crippen LogP contribution >= 0.6 is 11.6 Å². The van der Waals surface area contributed by atoms with Crippen LogP contribution in [-0.4, -0.2) is 40.5 Å². The highest BCUT2D eigenvalue weighted by Crippen LogP contribution is 2.37. The van der Waals surface area contributed by atoms with E-state index in [0.717, 1.165) is 30.4 Å². The van der Waals surface area contributed by atoms with Gasteiger partial charge in [-0.25, -0.2) is 9.97 Å². The van der Waals surface area contributed by atoms with Crippen LogP contribution in [0.5, 0.6) is 0 Å². The molecule has 0 aliphatic carbocycles. The minimum absolute atomic E-state index is 0.496. The number of fused-ring (bicyclic) bond motifs is 2. The summed E-state index contributed by atoms with van der Waals surface area (Å²) in [6.45, 7) is 0.994. The van der Waals surface area contributed by atoms with Crippen molar-refractivity contribution in [1.29, 1.82) is 0 Å². The molecular formula is C13H19ClN4. The number of rotatable bonds is 3. The molecular weight excluding hydrogens is 248 g/mol. The van der Waals surface area contributed by atoms with Crippen LogP contribution in [0.15, 0.2) is 12.4 Å². The molecule has 2 aliphatic rings. The molecule has 18 heavy (non-hydrogen) atoms. The SMILES string of the molecule is CN1C2CCC1CC(CNc1cc(Cl)ncn1)C2. The molecule has 1 aromatic rings. The molecule has 0 aromatic carbocycles. The van der Waals surface area contributed by atoms with Gasteiger partial charge < -0.3 is 10.2 Å². The van der Waals surface area contributed by atoms with Crippen molar-refractivity contribution in [2.75, 3.05) is 18.9 Å². The second-order valence-corrected chi connectivity index (χ2v) is 5.88. The normalized spacial score (nSPS) is 31.6. The van der Waals surface area contributed by atoms with Crippen LogP contribution in [0, 0.1) is 5.92 Å². The van der Waals surface area contributed by atoms with Crippen LogP contribution in [0.1, 0.15) is 25.7 Å². The summed E-state index contributed by atoms with van der Waals surface area (Å²) < 4.78 is 0. The zero-order valence-electron chi connectivity index (χ0n) is 10.6. The Kier molecular flexibility index (Phi) is 3.39. The Morgan fingerprint density at radius 1 is 1.33 bits per heavy atom. The number of anilines is 1. The van der Waals surface area contributed by atoms with Crippen LogP contribution in [0.3, 0.4) is 0 Å². The van der Waals surface area contributed by atoms with E-state index < -0.39 is 0 Å². The average Bonchev–Trinajstić information content (AvgIpc) is 2.60. The van der Waals surface area contributed by atoms with Crippen LogP contribution in [0.2, 0.25) is 5.15 Å². The summed E-state index contributed by atoms with van der Waals surface area (Å²) in [7, 11) is 2.27. The van der Waals surface area contributed by atoms with E-state index in [1.807, 2.05) is 0 Å². The lowest BCUT2D eigenvalue weighted by Crippen LogP contribution is -2.41. The highest BCUT2D eigenvalue weighted by atomic mass is 35.5. The maximum atomic E-state index is 5.84. The number of halogens is 1. The van der Waals surface area contributed by atoms with E-state index in [-0.39, 0.29) is 0 Å². The second-order valence-electron chi connectivity index (χ2n) is 5.49. The van der Waals surface area contributed by atoms with Crippen molar-refractivity contribution in [1.82, 2.24) is 14.9 Å². The molecule has 4 nitrogen and oxygen atoms in total. The van der Waals surface area contributed by atoms with E-state index in [1.54, 1.807) is 6.07 Å². The third kappa shape index (κ3) is 2.45. The lowest BCUT2D eigenvalue weighted by molar-refractivity contribution is 0.139. The summed E-state index contributed by atoms with van der Waals surface area (Å²) in [5.74, 6) is 1.59. The van der Waals surface area contributed by atoms with Gasteiger partial charge in [0.2, 0.25) is 0 Å². The van der Waals surface area contributed by atoms with Gasteiger partial charge in [0.1, 0.15) is 17.3 Å². The number of hydrogen-bond donors (Lipinski definition) is 1. The van der Waals surface area contributed by atoms with Crippen molar-refractivity contribution in [3.05, 3.63) is 17.5 Å². The van der Waals surface area contributed by atoms with E-state index in [4.69, 9.17) is 11.6 Å². The molecule has 2 unspecified atom stereocenters. The standard InChI is InChI=1S/C13H19ClN4/c1-18-10-2-3-11(18)5-9(4-10)7-15-13-6-12(14)16-8-17-13/h6,8-11H,2-5,7H2,1H3,(H,15,16,17). The molecule has 3 rings (SSSR count). The van der Waals surface area contributed by atoms with Crippen molar-refractivity contribution >= 4 is 17.4 Å². The third-order valence-electron chi connectivity index (χ3n) is 4.40. The van der Waals surface area contributed by atoms with Gasteiger partial charge in [-0.1, -0.05) is 11.6 Å². The predicted octanol–water partition coefficient (Wildman–Crippen LogP) is 2.41. The highest BCUT2D eigenvalue weighted by molar-refractivity contribution is 6.29. The topological polar surface area (TPSA) is 41.0 Å². The zero-order valence-corrected chi connectivity index (χ0v) is 11.4. The fourth-order valence-corrected chi connectivity index (χ4v) is 3.52. The molecule has 0 spiro atoms. The van der Waals surface area contributed by atoms with Crippen LogP contribution in [0.4, 0.5) is 5.82 Å². The number of nitrogens with one attached hydrogen (secondary N) is 1. The van der Waals surface area contributed by atoms with Crippen LogP contribution < -0.4 is 5.32 Å². The van der Waals surface area contributed by atoms with Gasteiger partial charge in [0.25, 0.3) is 0 Å². The molecule has 2 atom stereocenters. The molecule has 2 fully saturated rings. The first-order valence-electron chi connectivity index (χ1n) is 6.65. The molecule has 2 bridgehead atoms. The van der Waals surface area contributed by atoms with Crippen molar-refractivity contribution in [3.8, 4) is 0 Å². The fourth-order valence-electron chi connectivity index (χ4n) is 3.37. The number of piperidine rings is 1. The summed E-state index contributed by atoms with van der Waals surface area (Å²) in [4.78, 5) is 10.6. The molecule has 2 aliphatic heterocycles. The van der Waals surface area contributed by atoms with Gasteiger partial charge in [0.05, 0.1) is 0 Å². The lowest BCUT2D eigenvalue weighted by atomic mass is 9.91. The van der Waals surface area contributed by atoms with Gasteiger partial charge >= 0.3 is 0 Å².